The molecule has 0 saturated carbocycles. The quantitative estimate of drug-likeness (QED) is 0.582. The number of benzene rings is 2. The number of hydrogen-bond donors (Lipinski definition) is 1. The first-order chi connectivity index (χ1) is 13.9. The second-order valence-electron chi connectivity index (χ2n) is 7.05. The van der Waals surface area contributed by atoms with Crippen LogP contribution in [0.2, 0.25) is 10.0 Å². The third kappa shape index (κ3) is 4.02. The van der Waals surface area contributed by atoms with Gasteiger partial charge < -0.3 is 14.8 Å². The van der Waals surface area contributed by atoms with Crippen LogP contribution in [-0.2, 0) is 24.8 Å². The molecule has 2 aromatic carbocycles. The maximum absolute atomic E-state index is 12.1. The molecule has 0 unspecified atom stereocenters. The zero-order valence-electron chi connectivity index (χ0n) is 16.0. The van der Waals surface area contributed by atoms with Crippen molar-refractivity contribution in [1.82, 2.24) is 14.5 Å². The molecule has 7 heteroatoms. The average Bonchev–Trinajstić information content (AvgIpc) is 3.11. The van der Waals surface area contributed by atoms with E-state index in [1.165, 1.54) is 11.6 Å². The first-order valence-corrected chi connectivity index (χ1v) is 9.97. The average molecular weight is 427 g/mol. The van der Waals surface area contributed by atoms with Crippen LogP contribution in [0, 0.1) is 0 Å². The minimum Gasteiger partial charge on any atom is -0.355 e. The van der Waals surface area contributed by atoms with Crippen molar-refractivity contribution < 1.29 is 4.79 Å². The van der Waals surface area contributed by atoms with Gasteiger partial charge in [-0.25, -0.2) is 4.98 Å². The molecule has 0 bridgehead atoms. The van der Waals surface area contributed by atoms with E-state index in [0.717, 1.165) is 34.6 Å². The molecule has 2 heterocycles. The van der Waals surface area contributed by atoms with Crippen LogP contribution in [0.15, 0.2) is 55.5 Å². The highest BCUT2D eigenvalue weighted by molar-refractivity contribution is 6.35. The van der Waals surface area contributed by atoms with Crippen LogP contribution < -0.4 is 5.32 Å². The predicted molar refractivity (Wildman–Crippen MR) is 118 cm³/mol. The molecular weight excluding hydrogens is 407 g/mol. The third-order valence-corrected chi connectivity index (χ3v) is 5.43. The van der Waals surface area contributed by atoms with Gasteiger partial charge in [0.15, 0.2) is 0 Å². The zero-order valence-corrected chi connectivity index (χ0v) is 17.5. The second kappa shape index (κ2) is 7.93. The topological polar surface area (TPSA) is 50.2 Å². The number of carbonyl (C=O) groups is 1. The van der Waals surface area contributed by atoms with Crippen molar-refractivity contribution in [2.75, 3.05) is 11.9 Å². The summed E-state index contributed by atoms with van der Waals surface area (Å²) in [7, 11) is 1.94. The molecule has 0 atom stereocenters. The standard InChI is InChI=1S/C22H20Cl2N4O/c1-3-21(29)28-7-6-18-14(11-28)4-5-19(22(18)20-12-27(2)13-25-20)26-17-9-15(23)8-16(24)10-17/h3-5,8-10,12-13,26H,1,6-7,11H2,2H3. The minimum absolute atomic E-state index is 0.0502. The van der Waals surface area contributed by atoms with E-state index in [4.69, 9.17) is 23.2 Å². The number of fused-ring (bicyclic) bond motifs is 1. The summed E-state index contributed by atoms with van der Waals surface area (Å²) >= 11 is 12.3. The Balaban J connectivity index is 1.80. The van der Waals surface area contributed by atoms with Gasteiger partial charge in [0.25, 0.3) is 0 Å². The molecule has 0 radical (unpaired) electrons. The Morgan fingerprint density at radius 3 is 2.66 bits per heavy atom. The van der Waals surface area contributed by atoms with Gasteiger partial charge in [0, 0.05) is 53.3 Å². The van der Waals surface area contributed by atoms with Crippen LogP contribution in [0.4, 0.5) is 11.4 Å². The summed E-state index contributed by atoms with van der Waals surface area (Å²) in [4.78, 5) is 18.4. The summed E-state index contributed by atoms with van der Waals surface area (Å²) < 4.78 is 1.92. The van der Waals surface area contributed by atoms with E-state index in [0.29, 0.717) is 23.1 Å². The third-order valence-electron chi connectivity index (χ3n) is 4.99. The number of halogens is 2. The van der Waals surface area contributed by atoms with Crippen molar-refractivity contribution in [3.05, 3.63) is 76.7 Å². The molecule has 0 spiro atoms. The monoisotopic (exact) mass is 426 g/mol. The van der Waals surface area contributed by atoms with Crippen LogP contribution in [0.1, 0.15) is 11.1 Å². The van der Waals surface area contributed by atoms with Gasteiger partial charge in [-0.1, -0.05) is 35.8 Å². The van der Waals surface area contributed by atoms with E-state index < -0.39 is 0 Å². The van der Waals surface area contributed by atoms with Gasteiger partial charge in [-0.2, -0.15) is 0 Å². The van der Waals surface area contributed by atoms with Gasteiger partial charge >= 0.3 is 0 Å². The molecule has 0 fully saturated rings. The summed E-state index contributed by atoms with van der Waals surface area (Å²) in [6.07, 6.45) is 5.88. The van der Waals surface area contributed by atoms with Crippen LogP contribution in [0.3, 0.4) is 0 Å². The van der Waals surface area contributed by atoms with Gasteiger partial charge in [0.05, 0.1) is 12.0 Å². The highest BCUT2D eigenvalue weighted by Crippen LogP contribution is 2.38. The van der Waals surface area contributed by atoms with Crippen LogP contribution >= 0.6 is 23.2 Å². The molecule has 1 aromatic heterocycles. The molecule has 4 rings (SSSR count). The Bertz CT molecular complexity index is 1090. The Hall–Kier alpha value is -2.76. The van der Waals surface area contributed by atoms with Crippen LogP contribution in [-0.4, -0.2) is 26.9 Å². The number of aryl methyl sites for hydroxylation is 1. The lowest BCUT2D eigenvalue weighted by molar-refractivity contribution is -0.126. The highest BCUT2D eigenvalue weighted by Gasteiger charge is 2.24. The molecule has 29 heavy (non-hydrogen) atoms. The summed E-state index contributed by atoms with van der Waals surface area (Å²) in [6.45, 7) is 4.80. The van der Waals surface area contributed by atoms with Crippen molar-refractivity contribution in [3.63, 3.8) is 0 Å². The fraction of sp³-hybridized carbons (Fsp3) is 0.182. The van der Waals surface area contributed by atoms with E-state index in [-0.39, 0.29) is 5.91 Å². The lowest BCUT2D eigenvalue weighted by Gasteiger charge is -2.30. The lowest BCUT2D eigenvalue weighted by atomic mass is 9.91. The highest BCUT2D eigenvalue weighted by atomic mass is 35.5. The Morgan fingerprint density at radius 1 is 1.24 bits per heavy atom. The van der Waals surface area contributed by atoms with Gasteiger partial charge in [-0.15, -0.1) is 0 Å². The predicted octanol–water partition coefficient (Wildman–Crippen LogP) is 5.21. The molecule has 1 aliphatic heterocycles. The fourth-order valence-electron chi connectivity index (χ4n) is 3.69. The molecule has 5 nitrogen and oxygen atoms in total. The SMILES string of the molecule is C=CC(=O)N1CCc2c(ccc(Nc3cc(Cl)cc(Cl)c3)c2-c2cn(C)cn2)C1. The van der Waals surface area contributed by atoms with E-state index in [2.05, 4.69) is 22.9 Å². The zero-order chi connectivity index (χ0) is 20.5. The maximum Gasteiger partial charge on any atom is 0.246 e. The number of rotatable bonds is 4. The summed E-state index contributed by atoms with van der Waals surface area (Å²) in [5.41, 5.74) is 5.94. The summed E-state index contributed by atoms with van der Waals surface area (Å²) in [5.74, 6) is -0.0502. The molecule has 3 aromatic rings. The molecule has 0 saturated heterocycles. The number of anilines is 2. The number of nitrogens with one attached hydrogen (secondary N) is 1. The van der Waals surface area contributed by atoms with Gasteiger partial charge in [-0.05, 0) is 47.9 Å². The van der Waals surface area contributed by atoms with E-state index in [1.54, 1.807) is 17.3 Å². The number of aromatic nitrogens is 2. The van der Waals surface area contributed by atoms with Gasteiger partial charge in [-0.3, -0.25) is 4.79 Å². The first kappa shape index (κ1) is 19.6. The van der Waals surface area contributed by atoms with Crippen LogP contribution in [0.25, 0.3) is 11.3 Å². The van der Waals surface area contributed by atoms with Crippen molar-refractivity contribution in [2.45, 2.75) is 13.0 Å². The van der Waals surface area contributed by atoms with Crippen molar-refractivity contribution in [2.24, 2.45) is 7.05 Å². The van der Waals surface area contributed by atoms with Crippen LogP contribution in [0.5, 0.6) is 0 Å². The van der Waals surface area contributed by atoms with E-state index >= 15 is 0 Å². The molecule has 1 N–H and O–H groups in total. The van der Waals surface area contributed by atoms with Crippen molar-refractivity contribution in [3.8, 4) is 11.3 Å². The Labute approximate surface area is 179 Å². The largest absolute Gasteiger partial charge is 0.355 e. The fourth-order valence-corrected chi connectivity index (χ4v) is 4.22. The Morgan fingerprint density at radius 2 is 2.00 bits per heavy atom. The second-order valence-corrected chi connectivity index (χ2v) is 7.92. The number of imidazole rings is 1. The molecule has 1 aliphatic rings. The van der Waals surface area contributed by atoms with E-state index in [9.17, 15) is 4.79 Å². The number of amides is 1. The first-order valence-electron chi connectivity index (χ1n) is 9.22. The van der Waals surface area contributed by atoms with E-state index in [1.807, 2.05) is 36.0 Å². The normalized spacial score (nSPS) is 13.1. The molecular formula is C22H20Cl2N4O. The molecule has 0 aliphatic carbocycles. The van der Waals surface area contributed by atoms with Gasteiger partial charge in [0.2, 0.25) is 5.91 Å². The van der Waals surface area contributed by atoms with Gasteiger partial charge in [0.1, 0.15) is 0 Å². The summed E-state index contributed by atoms with van der Waals surface area (Å²) in [6, 6.07) is 9.43. The smallest absolute Gasteiger partial charge is 0.246 e. The van der Waals surface area contributed by atoms with Crippen molar-refractivity contribution in [1.29, 1.82) is 0 Å². The number of nitrogens with zero attached hydrogens (tertiary/aromatic N) is 3. The molecule has 148 valence electrons. The van der Waals surface area contributed by atoms with Crippen molar-refractivity contribution >= 4 is 40.5 Å². The number of hydrogen-bond acceptors (Lipinski definition) is 3. The molecule has 1 amide bonds. The minimum atomic E-state index is -0.0502. The lowest BCUT2D eigenvalue weighted by Crippen LogP contribution is -2.35. The Kier molecular flexibility index (Phi) is 5.35. The summed E-state index contributed by atoms with van der Waals surface area (Å²) in [5, 5.41) is 4.57. The number of carbonyl (C=O) groups excluding carboxylic acids is 1. The maximum atomic E-state index is 12.1.